The van der Waals surface area contributed by atoms with Crippen LogP contribution in [0.1, 0.15) is 0 Å². The van der Waals surface area contributed by atoms with E-state index < -0.39 is 47.8 Å². The molecule has 0 amide bonds. The van der Waals surface area contributed by atoms with E-state index in [0.717, 1.165) is 43.1 Å². The topological polar surface area (TPSA) is 329 Å². The van der Waals surface area contributed by atoms with Gasteiger partial charge in [-0.3, -0.25) is 24.9 Å². The molecule has 0 atom stereocenters. The predicted molar refractivity (Wildman–Crippen MR) is 459 cm³/mol. The molecule has 0 aliphatic heterocycles. The Morgan fingerprint density at radius 2 is 0.623 bits per heavy atom. The first-order valence-electron chi connectivity index (χ1n) is 35.7. The largest absolute Gasteiger partial charge is 0.571 e. The van der Waals surface area contributed by atoms with Crippen molar-refractivity contribution < 1.29 is 149 Å². The third-order valence-corrected chi connectivity index (χ3v) is 23.9. The van der Waals surface area contributed by atoms with Gasteiger partial charge in [-0.15, -0.1) is 22.7 Å². The third-order valence-electron chi connectivity index (χ3n) is 17.4. The minimum atomic E-state index is -3.90. The van der Waals surface area contributed by atoms with Crippen LogP contribution in [0.25, 0.3) is 100 Å². The number of benzene rings is 12. The van der Waals surface area contributed by atoms with Crippen molar-refractivity contribution in [2.45, 2.75) is 19.7 Å². The van der Waals surface area contributed by atoms with Gasteiger partial charge in [0.25, 0.3) is 0 Å². The number of ether oxygens (including phenoxy) is 1. The van der Waals surface area contributed by atoms with Gasteiger partial charge >= 0.3 is 7.75 Å². The van der Waals surface area contributed by atoms with Gasteiger partial charge in [-0.2, -0.15) is 0 Å². The van der Waals surface area contributed by atoms with Crippen LogP contribution in [0.2, 0.25) is 0 Å². The maximum atomic E-state index is 13.5. The van der Waals surface area contributed by atoms with Gasteiger partial charge in [0.05, 0.1) is 49.4 Å². The molecule has 0 spiro atoms. The fourth-order valence-electron chi connectivity index (χ4n) is 12.0. The van der Waals surface area contributed by atoms with Crippen molar-refractivity contribution >= 4 is 152 Å². The van der Waals surface area contributed by atoms with Gasteiger partial charge in [-0.25, -0.2) is 43.2 Å². The van der Waals surface area contributed by atoms with E-state index in [2.05, 4.69) is 53.9 Å². The Labute approximate surface area is 769 Å². The van der Waals surface area contributed by atoms with Crippen LogP contribution in [0, 0.1) is 0 Å². The van der Waals surface area contributed by atoms with Gasteiger partial charge in [0.2, 0.25) is 0 Å². The summed E-state index contributed by atoms with van der Waals surface area (Å²) in [5, 5.41) is 11.8. The molecule has 18 rings (SSSR count). The zero-order valence-corrected chi connectivity index (χ0v) is 84.2. The number of nitrogens with zero attached hydrogens (tertiary/aromatic N) is 11. The fourth-order valence-corrected chi connectivity index (χ4v) is 17.5. The molecular formula is C89H65N11O12PS4Zn5-5. The fraction of sp³-hybridized carbons (Fsp3) is 0.0112. The van der Waals surface area contributed by atoms with Gasteiger partial charge < -0.3 is 37.8 Å². The van der Waals surface area contributed by atoms with Crippen LogP contribution in [0.4, 0.5) is 28.4 Å². The maximum absolute atomic E-state index is 13.5. The molecule has 0 aliphatic rings. The summed E-state index contributed by atoms with van der Waals surface area (Å²) < 4.78 is 146. The molecule has 18 aromatic rings. The third kappa shape index (κ3) is 24.0. The van der Waals surface area contributed by atoms with E-state index in [4.69, 9.17) is 13.8 Å². The second-order valence-corrected chi connectivity index (χ2v) is 33.1. The molecule has 0 unspecified atom stereocenters. The molecule has 23 nitrogen and oxygen atoms in total. The predicted octanol–water partition coefficient (Wildman–Crippen LogP) is 22.7. The van der Waals surface area contributed by atoms with Crippen LogP contribution in [-0.2, 0) is 142 Å². The quantitative estimate of drug-likeness (QED) is 0.0536. The first-order chi connectivity index (χ1) is 56.8. The number of fused-ring (bicyclic) bond motifs is 7. The van der Waals surface area contributed by atoms with Crippen molar-refractivity contribution in [1.82, 2.24) is 29.9 Å². The number of pyridine rings is 6. The van der Waals surface area contributed by atoms with Crippen molar-refractivity contribution in [2.24, 2.45) is 0 Å². The molecular weight excluding hydrogens is 1900 g/mol. The summed E-state index contributed by atoms with van der Waals surface area (Å²) in [5.41, 5.74) is 4.57. The minimum Gasteiger partial charge on any atom is -0.571 e. The van der Waals surface area contributed by atoms with Gasteiger partial charge in [0.1, 0.15) is 62.4 Å². The van der Waals surface area contributed by atoms with Crippen molar-refractivity contribution in [2.75, 3.05) is 7.11 Å². The first-order valence-corrected chi connectivity index (χ1v) is 43.0. The van der Waals surface area contributed by atoms with Gasteiger partial charge in [-0.05, 0) is 152 Å². The molecule has 0 bridgehead atoms. The second-order valence-electron chi connectivity index (χ2n) is 25.2. The molecule has 12 aromatic carbocycles. The van der Waals surface area contributed by atoms with Crippen LogP contribution >= 0.6 is 7.75 Å². The van der Waals surface area contributed by atoms with E-state index in [-0.39, 0.29) is 123 Å². The zero-order valence-electron chi connectivity index (χ0n) is 65.2. The normalized spacial score (nSPS) is 11.0. The molecule has 0 N–H and O–H groups in total. The van der Waals surface area contributed by atoms with Crippen LogP contribution in [0.5, 0.6) is 17.2 Å². The van der Waals surface area contributed by atoms with Crippen LogP contribution in [-0.4, -0.2) is 70.7 Å². The molecule has 0 saturated heterocycles. The number of hydrogen-bond acceptors (Lipinski definition) is 18. The maximum Gasteiger partial charge on any atom is 0.368 e. The Morgan fingerprint density at radius 3 is 1.11 bits per heavy atom. The molecule has 33 heteroatoms. The summed E-state index contributed by atoms with van der Waals surface area (Å²) in [4.78, 5) is 25.6. The zero-order chi connectivity index (χ0) is 81.3. The van der Waals surface area contributed by atoms with Gasteiger partial charge in [0.15, 0.2) is 0 Å². The van der Waals surface area contributed by atoms with Crippen molar-refractivity contribution in [3.05, 3.63) is 401 Å². The van der Waals surface area contributed by atoms with E-state index in [0.29, 0.717) is 73.0 Å². The summed E-state index contributed by atoms with van der Waals surface area (Å²) in [6.45, 7) is 0. The molecule has 0 fully saturated rings. The van der Waals surface area contributed by atoms with Gasteiger partial charge in [0, 0.05) is 140 Å². The van der Waals surface area contributed by atoms with E-state index >= 15 is 0 Å². The monoisotopic (exact) mass is 1960 g/mol. The second kappa shape index (κ2) is 43.6. The van der Waals surface area contributed by atoms with Crippen molar-refractivity contribution in [3.63, 3.8) is 0 Å². The standard InChI is InChI=1S/C21H16N2O3P.C20H15N2O3S.C19H13N2O2S.C15H11N2O2S.C14H10N3O2S.5Zn/c24-27(25-18-11-3-1-4-12-18,26-19-13-5-2-6-14-19)23-20-15-7-9-17-10-8-16-22-21(17)20;1-25-17-11-16-7-4-10-21-20(16)19(13-17)22-26(23,24)18-9-8-14-5-2-3-6-15(14)12-18;22-24(23,18-12-4-7-14-6-1-2-10-16(14)18)21-17-11-3-8-15-9-5-13-20-19(15)17;18-20(19,13-8-2-1-3-9-13)17-14-10-4-6-12-7-5-11-16-15(12)14;18-20(19,13-8-1-2-9-15-13)17-12-7-3-5-11-6-4-10-16-14(11)12;;;;;/h1-16H;2-13H,1H3;1-13H;1-11H;1-10H;;;;;/q5*-1;;;;;. The molecule has 6 aromatic heterocycles. The van der Waals surface area contributed by atoms with Crippen LogP contribution in [0.15, 0.2) is 397 Å². The summed E-state index contributed by atoms with van der Waals surface area (Å²) in [7, 11) is -17.7. The Hall–Kier alpha value is -11.1. The van der Waals surface area contributed by atoms with E-state index in [1.54, 1.807) is 219 Å². The number of rotatable bonds is 19. The first kappa shape index (κ1) is 94.8. The molecule has 592 valence electrons. The molecule has 0 radical (unpaired) electrons. The summed E-state index contributed by atoms with van der Waals surface area (Å²) in [6, 6.07) is 98.7. The van der Waals surface area contributed by atoms with E-state index in [9.17, 15) is 38.2 Å². The number of para-hydroxylation sites is 6. The smallest absolute Gasteiger partial charge is 0.368 e. The number of aromatic nitrogens is 6. The number of methoxy groups -OCH3 is 1. The Morgan fingerprint density at radius 1 is 0.262 bits per heavy atom. The minimum absolute atomic E-state index is 0. The Kier molecular flexibility index (Phi) is 33.9. The molecule has 0 saturated carbocycles. The average Bonchev–Trinajstić information content (AvgIpc) is 0.785. The van der Waals surface area contributed by atoms with Crippen LogP contribution in [0.3, 0.4) is 0 Å². The number of hydrogen-bond donors (Lipinski definition) is 0. The van der Waals surface area contributed by atoms with Gasteiger partial charge in [-0.1, -0.05) is 236 Å². The van der Waals surface area contributed by atoms with Crippen molar-refractivity contribution in [1.29, 1.82) is 0 Å². The summed E-state index contributed by atoms with van der Waals surface area (Å²) in [6.07, 6.45) is 9.56. The van der Waals surface area contributed by atoms with Crippen LogP contribution < -0.4 is 13.8 Å². The van der Waals surface area contributed by atoms with Crippen molar-refractivity contribution in [3.8, 4) is 17.2 Å². The molecule has 0 aliphatic carbocycles. The Balaban J connectivity index is 0.000000172. The summed E-state index contributed by atoms with van der Waals surface area (Å²) >= 11 is 0. The Bertz CT molecular complexity index is 6940. The average molecular weight is 1970 g/mol. The molecule has 6 heterocycles. The number of sulfonamides is 4. The van der Waals surface area contributed by atoms with E-state index in [1.165, 1.54) is 31.5 Å². The molecule has 122 heavy (non-hydrogen) atoms. The SMILES string of the molecule is COc1cc([N-]S(=O)(=O)c2ccc3ccccc3c2)c2ncccc2c1.O=P([N-]c1cccc2cccnc12)(Oc1ccccc1)Oc1ccccc1.O=S(=O)([N-]c1cccc2cccnc12)c1cccc2ccccc12.O=S(=O)([N-]c1cccc2cccnc12)c1ccccc1.O=S(=O)([N-]c1cccc2cccnc12)c1ccccn1.[Zn].[Zn].[Zn].[Zn].[Zn]. The van der Waals surface area contributed by atoms with E-state index in [1.807, 2.05) is 133 Å². The summed E-state index contributed by atoms with van der Waals surface area (Å²) in [5.74, 6) is 1.35.